The molecule has 2 amide bonds. The van der Waals surface area contributed by atoms with Crippen LogP contribution in [0, 0.1) is 0 Å². The average molecular weight is 410 g/mol. The Labute approximate surface area is 176 Å². The van der Waals surface area contributed by atoms with Gasteiger partial charge in [-0.2, -0.15) is 10.2 Å². The Hall–Kier alpha value is -3.68. The van der Waals surface area contributed by atoms with E-state index in [2.05, 4.69) is 10.2 Å². The molecule has 158 valence electrons. The Morgan fingerprint density at radius 3 is 1.67 bits per heavy atom. The van der Waals surface area contributed by atoms with Crippen LogP contribution in [0.25, 0.3) is 0 Å². The maximum absolute atomic E-state index is 12.6. The zero-order valence-corrected chi connectivity index (χ0v) is 17.2. The number of primary amides is 1. The van der Waals surface area contributed by atoms with E-state index in [1.807, 2.05) is 24.3 Å². The Balaban J connectivity index is 2.10. The van der Waals surface area contributed by atoms with Gasteiger partial charge in [-0.05, 0) is 72.5 Å². The number of ether oxygens (including phenoxy) is 2. The van der Waals surface area contributed by atoms with Crippen molar-refractivity contribution >= 4 is 24.2 Å². The lowest BCUT2D eigenvalue weighted by Gasteiger charge is -2.11. The highest BCUT2D eigenvalue weighted by molar-refractivity contribution is 5.85. The van der Waals surface area contributed by atoms with Crippen molar-refractivity contribution < 1.29 is 19.1 Å². The summed E-state index contributed by atoms with van der Waals surface area (Å²) in [6, 6.07) is 14.5. The standard InChI is InChI=1S/C22H26N4O4/c1-29-19-11-7-17(8-12-19)15-24-26(22(28)6-4-3-5-21(23)27)25-16-18-9-13-20(30-2)14-10-18/h7-16H,3-6H2,1-2H3,(H2,23,27)/b24-15+,25-16+. The number of amides is 2. The number of hydrazone groups is 2. The van der Waals surface area contributed by atoms with Gasteiger partial charge in [0.2, 0.25) is 5.91 Å². The van der Waals surface area contributed by atoms with Crippen LogP contribution in [-0.2, 0) is 9.59 Å². The second-order valence-electron chi connectivity index (χ2n) is 6.39. The summed E-state index contributed by atoms with van der Waals surface area (Å²) >= 11 is 0. The molecule has 0 atom stereocenters. The smallest absolute Gasteiger partial charge is 0.264 e. The van der Waals surface area contributed by atoms with Crippen LogP contribution in [0.15, 0.2) is 58.7 Å². The van der Waals surface area contributed by atoms with Crippen molar-refractivity contribution in [2.45, 2.75) is 25.7 Å². The Morgan fingerprint density at radius 1 is 0.833 bits per heavy atom. The fourth-order valence-corrected chi connectivity index (χ4v) is 2.46. The van der Waals surface area contributed by atoms with Crippen LogP contribution in [0.3, 0.4) is 0 Å². The molecule has 0 spiro atoms. The Morgan fingerprint density at radius 2 is 1.27 bits per heavy atom. The van der Waals surface area contributed by atoms with Gasteiger partial charge in [0, 0.05) is 12.8 Å². The van der Waals surface area contributed by atoms with Gasteiger partial charge in [0.1, 0.15) is 11.5 Å². The molecule has 2 aromatic carbocycles. The molecule has 2 N–H and O–H groups in total. The lowest BCUT2D eigenvalue weighted by atomic mass is 10.2. The predicted molar refractivity (Wildman–Crippen MR) is 116 cm³/mol. The highest BCUT2D eigenvalue weighted by Gasteiger charge is 2.11. The first kappa shape index (κ1) is 22.6. The summed E-state index contributed by atoms with van der Waals surface area (Å²) in [5.74, 6) is 0.794. The van der Waals surface area contributed by atoms with Gasteiger partial charge in [-0.3, -0.25) is 9.59 Å². The van der Waals surface area contributed by atoms with E-state index >= 15 is 0 Å². The fraction of sp³-hybridized carbons (Fsp3) is 0.273. The van der Waals surface area contributed by atoms with Gasteiger partial charge in [0.25, 0.3) is 5.91 Å². The van der Waals surface area contributed by atoms with Crippen molar-refractivity contribution in [3.8, 4) is 11.5 Å². The van der Waals surface area contributed by atoms with Crippen LogP contribution in [0.2, 0.25) is 0 Å². The van der Waals surface area contributed by atoms with Gasteiger partial charge in [0.15, 0.2) is 0 Å². The molecule has 0 saturated carbocycles. The summed E-state index contributed by atoms with van der Waals surface area (Å²) in [7, 11) is 3.19. The van der Waals surface area contributed by atoms with E-state index in [-0.39, 0.29) is 24.7 Å². The number of carbonyl (C=O) groups excluding carboxylic acids is 2. The number of nitrogens with zero attached hydrogens (tertiary/aromatic N) is 3. The molecule has 0 heterocycles. The van der Waals surface area contributed by atoms with E-state index < -0.39 is 0 Å². The molecule has 0 aliphatic heterocycles. The lowest BCUT2D eigenvalue weighted by molar-refractivity contribution is -0.131. The Bertz CT molecular complexity index is 820. The lowest BCUT2D eigenvalue weighted by Crippen LogP contribution is -2.21. The van der Waals surface area contributed by atoms with E-state index in [1.165, 1.54) is 0 Å². The predicted octanol–water partition coefficient (Wildman–Crippen LogP) is 2.95. The van der Waals surface area contributed by atoms with Gasteiger partial charge < -0.3 is 15.2 Å². The number of nitrogens with two attached hydrogens (primary N) is 1. The highest BCUT2D eigenvalue weighted by atomic mass is 16.5. The summed E-state index contributed by atoms with van der Waals surface area (Å²) in [6.07, 6.45) is 4.61. The van der Waals surface area contributed by atoms with Crippen molar-refractivity contribution in [1.29, 1.82) is 0 Å². The molecule has 0 aromatic heterocycles. The van der Waals surface area contributed by atoms with Crippen LogP contribution < -0.4 is 15.2 Å². The van der Waals surface area contributed by atoms with Crippen LogP contribution in [0.1, 0.15) is 36.8 Å². The molecule has 0 fully saturated rings. The molecular weight excluding hydrogens is 384 g/mol. The number of hydrogen-bond donors (Lipinski definition) is 1. The van der Waals surface area contributed by atoms with Crippen molar-refractivity contribution in [2.24, 2.45) is 15.9 Å². The summed E-state index contributed by atoms with van der Waals surface area (Å²) in [5.41, 5.74) is 6.72. The van der Waals surface area contributed by atoms with Gasteiger partial charge in [-0.15, -0.1) is 5.12 Å². The zero-order chi connectivity index (χ0) is 21.8. The second kappa shape index (κ2) is 12.0. The summed E-state index contributed by atoms with van der Waals surface area (Å²) < 4.78 is 10.3. The van der Waals surface area contributed by atoms with Gasteiger partial charge in [-0.25, -0.2) is 0 Å². The molecule has 2 rings (SSSR count). The molecule has 0 bridgehead atoms. The largest absolute Gasteiger partial charge is 0.497 e. The van der Waals surface area contributed by atoms with Crippen LogP contribution in [0.4, 0.5) is 0 Å². The van der Waals surface area contributed by atoms with E-state index in [0.717, 1.165) is 27.7 Å². The van der Waals surface area contributed by atoms with Gasteiger partial charge in [-0.1, -0.05) is 0 Å². The summed E-state index contributed by atoms with van der Waals surface area (Å²) in [5, 5.41) is 9.49. The number of hydrogen-bond acceptors (Lipinski definition) is 6. The first-order valence-corrected chi connectivity index (χ1v) is 9.49. The number of rotatable bonds is 11. The highest BCUT2D eigenvalue weighted by Crippen LogP contribution is 2.12. The normalized spacial score (nSPS) is 11.0. The quantitative estimate of drug-likeness (QED) is 0.349. The van der Waals surface area contributed by atoms with Gasteiger partial charge in [0.05, 0.1) is 26.6 Å². The molecular formula is C22H26N4O4. The van der Waals surface area contributed by atoms with E-state index in [1.54, 1.807) is 50.9 Å². The van der Waals surface area contributed by atoms with Crippen LogP contribution in [0.5, 0.6) is 11.5 Å². The summed E-state index contributed by atoms with van der Waals surface area (Å²) in [4.78, 5) is 23.4. The van der Waals surface area contributed by atoms with Gasteiger partial charge >= 0.3 is 0 Å². The number of carbonyl (C=O) groups is 2. The molecule has 0 saturated heterocycles. The Kier molecular flexibility index (Phi) is 9.05. The first-order valence-electron chi connectivity index (χ1n) is 9.49. The third-order valence-electron chi connectivity index (χ3n) is 4.15. The van der Waals surface area contributed by atoms with E-state index in [0.29, 0.717) is 12.8 Å². The maximum atomic E-state index is 12.6. The number of unbranched alkanes of at least 4 members (excludes halogenated alkanes) is 1. The van der Waals surface area contributed by atoms with Crippen molar-refractivity contribution in [2.75, 3.05) is 14.2 Å². The molecule has 30 heavy (non-hydrogen) atoms. The van der Waals surface area contributed by atoms with Crippen LogP contribution >= 0.6 is 0 Å². The minimum absolute atomic E-state index is 0.202. The SMILES string of the molecule is COc1ccc(/C=N/N(/N=C/c2ccc(OC)cc2)C(=O)CCCCC(N)=O)cc1. The molecule has 0 aliphatic rings. The second-order valence-corrected chi connectivity index (χ2v) is 6.39. The number of methoxy groups -OCH3 is 2. The first-order chi connectivity index (χ1) is 14.5. The van der Waals surface area contributed by atoms with E-state index in [9.17, 15) is 9.59 Å². The van der Waals surface area contributed by atoms with Crippen molar-refractivity contribution in [1.82, 2.24) is 5.12 Å². The molecule has 8 nitrogen and oxygen atoms in total. The molecule has 8 heteroatoms. The molecule has 0 radical (unpaired) electrons. The van der Waals surface area contributed by atoms with Crippen molar-refractivity contribution in [3.05, 3.63) is 59.7 Å². The third kappa shape index (κ3) is 7.75. The maximum Gasteiger partial charge on any atom is 0.264 e. The van der Waals surface area contributed by atoms with Crippen molar-refractivity contribution in [3.63, 3.8) is 0 Å². The monoisotopic (exact) mass is 410 g/mol. The minimum atomic E-state index is -0.380. The molecule has 2 aromatic rings. The third-order valence-corrected chi connectivity index (χ3v) is 4.15. The topological polar surface area (TPSA) is 107 Å². The number of benzene rings is 2. The average Bonchev–Trinajstić information content (AvgIpc) is 2.77. The molecule has 0 unspecified atom stereocenters. The fourth-order valence-electron chi connectivity index (χ4n) is 2.46. The minimum Gasteiger partial charge on any atom is -0.497 e. The summed E-state index contributed by atoms with van der Waals surface area (Å²) in [6.45, 7) is 0. The molecule has 0 aliphatic carbocycles. The zero-order valence-electron chi connectivity index (χ0n) is 17.2. The van der Waals surface area contributed by atoms with E-state index in [4.69, 9.17) is 15.2 Å². The van der Waals surface area contributed by atoms with Crippen LogP contribution in [-0.4, -0.2) is 43.6 Å².